The van der Waals surface area contributed by atoms with Crippen LogP contribution in [0.5, 0.6) is 17.2 Å². The van der Waals surface area contributed by atoms with Gasteiger partial charge >= 0.3 is 0 Å². The first-order valence-corrected chi connectivity index (χ1v) is 10.2. The molecule has 0 saturated heterocycles. The molecule has 0 aromatic heterocycles. The second-order valence-corrected chi connectivity index (χ2v) is 7.58. The van der Waals surface area contributed by atoms with Gasteiger partial charge < -0.3 is 19.8 Å². The van der Waals surface area contributed by atoms with Crippen LogP contribution in [0.3, 0.4) is 0 Å². The monoisotopic (exact) mass is 418 g/mol. The van der Waals surface area contributed by atoms with Gasteiger partial charge in [-0.2, -0.15) is 0 Å². The summed E-state index contributed by atoms with van der Waals surface area (Å²) < 4.78 is 11.1. The molecular formula is C25H26N2O4. The van der Waals surface area contributed by atoms with Crippen LogP contribution in [0.4, 0.5) is 0 Å². The van der Waals surface area contributed by atoms with Gasteiger partial charge in [0.15, 0.2) is 11.5 Å². The van der Waals surface area contributed by atoms with Gasteiger partial charge in [-0.3, -0.25) is 4.90 Å². The number of ether oxygens (including phenoxy) is 2. The summed E-state index contributed by atoms with van der Waals surface area (Å²) in [4.78, 5) is 2.41. The van der Waals surface area contributed by atoms with Gasteiger partial charge in [0.2, 0.25) is 0 Å². The topological polar surface area (TPSA) is 74.5 Å². The minimum Gasteiger partial charge on any atom is -0.507 e. The zero-order chi connectivity index (χ0) is 21.8. The van der Waals surface area contributed by atoms with Crippen LogP contribution in [-0.4, -0.2) is 42.2 Å². The summed E-state index contributed by atoms with van der Waals surface area (Å²) in [7, 11) is 3.31. The van der Waals surface area contributed by atoms with E-state index in [0.29, 0.717) is 12.1 Å². The Morgan fingerprint density at radius 1 is 1.03 bits per heavy atom. The fraction of sp³-hybridized carbons (Fsp3) is 0.240. The summed E-state index contributed by atoms with van der Waals surface area (Å²) in [5.41, 5.74) is 5.16. The highest BCUT2D eigenvalue weighted by molar-refractivity contribution is 5.83. The predicted molar refractivity (Wildman–Crippen MR) is 119 cm³/mol. The van der Waals surface area contributed by atoms with Crippen LogP contribution in [0.15, 0.2) is 65.8 Å². The standard InChI is InChI=1S/C25H26N2O4/c1-30-23-13-19-10-11-27(16-17-8-9-22(28)20(12-17)15-26-29)25(18-6-4-3-5-7-18)21(19)14-24(23)31-2/h3-9,12-15,25,28-29H,10-11,16H2,1-2H3/b26-15+. The molecule has 0 spiro atoms. The van der Waals surface area contributed by atoms with Gasteiger partial charge in [-0.05, 0) is 52.9 Å². The van der Waals surface area contributed by atoms with E-state index in [2.05, 4.69) is 46.5 Å². The van der Waals surface area contributed by atoms with Gasteiger partial charge in [0.25, 0.3) is 0 Å². The molecule has 0 bridgehead atoms. The van der Waals surface area contributed by atoms with E-state index in [1.54, 1.807) is 20.3 Å². The van der Waals surface area contributed by atoms with E-state index in [-0.39, 0.29) is 11.8 Å². The van der Waals surface area contributed by atoms with Crippen LogP contribution in [0.2, 0.25) is 0 Å². The number of rotatable bonds is 6. The molecule has 3 aromatic carbocycles. The van der Waals surface area contributed by atoms with Crippen molar-refractivity contribution < 1.29 is 19.8 Å². The highest BCUT2D eigenvalue weighted by atomic mass is 16.5. The van der Waals surface area contributed by atoms with Crippen molar-refractivity contribution in [2.45, 2.75) is 19.0 Å². The van der Waals surface area contributed by atoms with Crippen LogP contribution >= 0.6 is 0 Å². The Labute approximate surface area is 182 Å². The van der Waals surface area contributed by atoms with Crippen molar-refractivity contribution in [1.82, 2.24) is 4.90 Å². The molecular weight excluding hydrogens is 392 g/mol. The van der Waals surface area contributed by atoms with Crippen molar-refractivity contribution in [2.75, 3.05) is 20.8 Å². The Morgan fingerprint density at radius 2 is 1.77 bits per heavy atom. The van der Waals surface area contributed by atoms with Crippen LogP contribution in [0.1, 0.15) is 33.9 Å². The summed E-state index contributed by atoms with van der Waals surface area (Å²) in [5.74, 6) is 1.55. The first-order chi connectivity index (χ1) is 15.1. The maximum Gasteiger partial charge on any atom is 0.161 e. The first-order valence-electron chi connectivity index (χ1n) is 10.2. The molecule has 160 valence electrons. The Bertz CT molecular complexity index is 1080. The molecule has 0 aliphatic carbocycles. The SMILES string of the molecule is COc1cc2c(cc1OC)C(c1ccccc1)N(Cc1ccc(O)c(/C=N/O)c1)CC2. The lowest BCUT2D eigenvalue weighted by Gasteiger charge is -2.38. The van der Waals surface area contributed by atoms with E-state index in [9.17, 15) is 5.11 Å². The Balaban J connectivity index is 1.76. The van der Waals surface area contributed by atoms with Gasteiger partial charge in [0, 0.05) is 18.7 Å². The molecule has 0 amide bonds. The van der Waals surface area contributed by atoms with Gasteiger partial charge in [0.1, 0.15) is 5.75 Å². The zero-order valence-corrected chi connectivity index (χ0v) is 17.7. The van der Waals surface area contributed by atoms with Crippen LogP contribution in [0.25, 0.3) is 0 Å². The maximum atomic E-state index is 10.00. The first kappa shape index (κ1) is 20.8. The van der Waals surface area contributed by atoms with E-state index in [1.807, 2.05) is 18.2 Å². The van der Waals surface area contributed by atoms with E-state index in [4.69, 9.17) is 14.7 Å². The lowest BCUT2D eigenvalue weighted by atomic mass is 9.87. The Morgan fingerprint density at radius 3 is 2.48 bits per heavy atom. The van der Waals surface area contributed by atoms with Crippen molar-refractivity contribution in [2.24, 2.45) is 5.16 Å². The second kappa shape index (κ2) is 9.10. The molecule has 0 saturated carbocycles. The molecule has 31 heavy (non-hydrogen) atoms. The molecule has 4 rings (SSSR count). The Hall–Kier alpha value is -3.51. The fourth-order valence-corrected chi connectivity index (χ4v) is 4.30. The molecule has 1 heterocycles. The molecule has 1 atom stereocenters. The Kier molecular flexibility index (Phi) is 6.09. The van der Waals surface area contributed by atoms with Gasteiger partial charge in [-0.25, -0.2) is 0 Å². The largest absolute Gasteiger partial charge is 0.507 e. The summed E-state index contributed by atoms with van der Waals surface area (Å²) in [6.45, 7) is 1.55. The minimum absolute atomic E-state index is 0.0496. The van der Waals surface area contributed by atoms with E-state index in [1.165, 1.54) is 22.9 Å². The number of phenolic OH excluding ortho intramolecular Hbond substituents is 1. The van der Waals surface area contributed by atoms with Crippen molar-refractivity contribution in [3.63, 3.8) is 0 Å². The van der Waals surface area contributed by atoms with Crippen molar-refractivity contribution in [3.8, 4) is 17.2 Å². The number of oxime groups is 1. The minimum atomic E-state index is 0.0496. The lowest BCUT2D eigenvalue weighted by Crippen LogP contribution is -2.35. The molecule has 6 nitrogen and oxygen atoms in total. The fourth-order valence-electron chi connectivity index (χ4n) is 4.30. The highest BCUT2D eigenvalue weighted by Gasteiger charge is 2.30. The summed E-state index contributed by atoms with van der Waals surface area (Å²) >= 11 is 0. The second-order valence-electron chi connectivity index (χ2n) is 7.58. The molecule has 1 aliphatic heterocycles. The van der Waals surface area contributed by atoms with Gasteiger partial charge in [-0.15, -0.1) is 0 Å². The lowest BCUT2D eigenvalue weighted by molar-refractivity contribution is 0.203. The average Bonchev–Trinajstić information content (AvgIpc) is 2.80. The number of fused-ring (bicyclic) bond motifs is 1. The third kappa shape index (κ3) is 4.20. The molecule has 3 aromatic rings. The quantitative estimate of drug-likeness (QED) is 0.353. The van der Waals surface area contributed by atoms with E-state index >= 15 is 0 Å². The van der Waals surface area contributed by atoms with E-state index in [0.717, 1.165) is 30.0 Å². The van der Waals surface area contributed by atoms with Crippen LogP contribution < -0.4 is 9.47 Å². The van der Waals surface area contributed by atoms with Crippen LogP contribution in [-0.2, 0) is 13.0 Å². The molecule has 2 N–H and O–H groups in total. The number of phenols is 1. The summed E-state index contributed by atoms with van der Waals surface area (Å²) in [6, 6.07) is 20.0. The average molecular weight is 418 g/mol. The summed E-state index contributed by atoms with van der Waals surface area (Å²) in [5, 5.41) is 21.9. The molecule has 0 fully saturated rings. The molecule has 1 aliphatic rings. The maximum absolute atomic E-state index is 10.00. The van der Waals surface area contributed by atoms with Gasteiger partial charge in [0.05, 0.1) is 26.5 Å². The molecule has 0 radical (unpaired) electrons. The third-order valence-electron chi connectivity index (χ3n) is 5.76. The predicted octanol–water partition coefficient (Wildman–Crippen LogP) is 4.37. The van der Waals surface area contributed by atoms with Crippen LogP contribution in [0, 0.1) is 0 Å². The summed E-state index contributed by atoms with van der Waals surface area (Å²) in [6.07, 6.45) is 2.14. The van der Waals surface area contributed by atoms with Gasteiger partial charge in [-0.1, -0.05) is 41.6 Å². The van der Waals surface area contributed by atoms with E-state index < -0.39 is 0 Å². The van der Waals surface area contributed by atoms with Crippen molar-refractivity contribution >= 4 is 6.21 Å². The molecule has 1 unspecified atom stereocenters. The van der Waals surface area contributed by atoms with Crippen molar-refractivity contribution in [1.29, 1.82) is 0 Å². The smallest absolute Gasteiger partial charge is 0.161 e. The normalized spacial score (nSPS) is 16.3. The molecule has 6 heteroatoms. The number of nitrogens with zero attached hydrogens (tertiary/aromatic N) is 2. The number of hydrogen-bond acceptors (Lipinski definition) is 6. The zero-order valence-electron chi connectivity index (χ0n) is 17.7. The van der Waals surface area contributed by atoms with Crippen molar-refractivity contribution in [3.05, 3.63) is 88.5 Å². The number of aromatic hydroxyl groups is 1. The highest BCUT2D eigenvalue weighted by Crippen LogP contribution is 2.41. The number of methoxy groups -OCH3 is 2. The third-order valence-corrected chi connectivity index (χ3v) is 5.76. The number of benzene rings is 3. The number of hydrogen-bond donors (Lipinski definition) is 2.